The van der Waals surface area contributed by atoms with Crippen LogP contribution in [0.4, 0.5) is 10.2 Å². The first-order chi connectivity index (χ1) is 15.4. The fourth-order valence-electron chi connectivity index (χ4n) is 4.91. The summed E-state index contributed by atoms with van der Waals surface area (Å²) in [5.74, 6) is 1.59. The van der Waals surface area contributed by atoms with E-state index in [2.05, 4.69) is 29.3 Å². The number of aromatic nitrogens is 1. The molecule has 32 heavy (non-hydrogen) atoms. The Balaban J connectivity index is 1.31. The van der Waals surface area contributed by atoms with Gasteiger partial charge in [-0.05, 0) is 61.4 Å². The fraction of sp³-hybridized carbons (Fsp3) is 0.520. The lowest BCUT2D eigenvalue weighted by Crippen LogP contribution is -2.48. The van der Waals surface area contributed by atoms with E-state index in [0.29, 0.717) is 12.0 Å². The number of benzene rings is 1. The highest BCUT2D eigenvalue weighted by atomic mass is 19.1. The molecule has 0 radical (unpaired) electrons. The lowest BCUT2D eigenvalue weighted by Gasteiger charge is -2.35. The number of halogens is 1. The molecule has 172 valence electrons. The van der Waals surface area contributed by atoms with Crippen molar-refractivity contribution in [1.82, 2.24) is 15.2 Å². The number of hydrogen-bond donors (Lipinski definition) is 1. The Morgan fingerprint density at radius 1 is 1.19 bits per heavy atom. The predicted molar refractivity (Wildman–Crippen MR) is 124 cm³/mol. The van der Waals surface area contributed by atoms with Gasteiger partial charge in [-0.2, -0.15) is 0 Å². The zero-order valence-electron chi connectivity index (χ0n) is 19.2. The second-order valence-electron chi connectivity index (χ2n) is 8.93. The van der Waals surface area contributed by atoms with Gasteiger partial charge < -0.3 is 19.9 Å². The van der Waals surface area contributed by atoms with Crippen LogP contribution in [0.1, 0.15) is 56.2 Å². The van der Waals surface area contributed by atoms with Gasteiger partial charge in [0, 0.05) is 51.4 Å². The molecule has 0 bridgehead atoms. The van der Waals surface area contributed by atoms with Crippen molar-refractivity contribution in [3.05, 3.63) is 53.5 Å². The zero-order valence-corrected chi connectivity index (χ0v) is 19.2. The Bertz CT molecular complexity index is 928. The van der Waals surface area contributed by atoms with Crippen LogP contribution in [0.2, 0.25) is 0 Å². The molecule has 1 aromatic carbocycles. The highest BCUT2D eigenvalue weighted by Gasteiger charge is 2.28. The minimum Gasteiger partial charge on any atom is -0.494 e. The molecule has 1 aromatic heterocycles. The molecule has 4 rings (SSSR count). The maximum Gasteiger partial charge on any atom is 0.219 e. The van der Waals surface area contributed by atoms with Crippen molar-refractivity contribution in [3.8, 4) is 5.75 Å². The standard InChI is InChI=1S/C25H33FN4O2/c1-17(19-5-8-23(26)24(15-19)32-3)28-22-7-4-20(14-22)21-6-9-25(27-16-21)30-12-10-29(11-13-30)18(2)31/h5-6,8-9,15-17,20,22,28H,4,7,10-14H2,1-3H3/t17-,20-,22+/m1/s1. The van der Waals surface area contributed by atoms with E-state index in [0.717, 1.165) is 56.8 Å². The van der Waals surface area contributed by atoms with E-state index in [1.54, 1.807) is 13.0 Å². The predicted octanol–water partition coefficient (Wildman–Crippen LogP) is 3.88. The molecule has 0 unspecified atom stereocenters. The summed E-state index contributed by atoms with van der Waals surface area (Å²) in [7, 11) is 1.49. The summed E-state index contributed by atoms with van der Waals surface area (Å²) < 4.78 is 18.8. The van der Waals surface area contributed by atoms with Crippen molar-refractivity contribution < 1.29 is 13.9 Å². The maximum atomic E-state index is 13.7. The first kappa shape index (κ1) is 22.5. The number of rotatable bonds is 6. The number of anilines is 1. The van der Waals surface area contributed by atoms with Crippen LogP contribution >= 0.6 is 0 Å². The highest BCUT2D eigenvalue weighted by molar-refractivity contribution is 5.73. The van der Waals surface area contributed by atoms with Crippen molar-refractivity contribution in [2.45, 2.75) is 51.1 Å². The second-order valence-corrected chi connectivity index (χ2v) is 8.93. The molecule has 2 heterocycles. The van der Waals surface area contributed by atoms with Gasteiger partial charge in [-0.25, -0.2) is 9.37 Å². The topological polar surface area (TPSA) is 57.7 Å². The van der Waals surface area contributed by atoms with Crippen LogP contribution in [0, 0.1) is 5.82 Å². The quantitative estimate of drug-likeness (QED) is 0.739. The van der Waals surface area contributed by atoms with E-state index >= 15 is 0 Å². The molecule has 2 fully saturated rings. The van der Waals surface area contributed by atoms with Gasteiger partial charge in [-0.1, -0.05) is 12.1 Å². The van der Waals surface area contributed by atoms with Gasteiger partial charge in [0.1, 0.15) is 5.82 Å². The van der Waals surface area contributed by atoms with E-state index in [1.807, 2.05) is 17.2 Å². The lowest BCUT2D eigenvalue weighted by atomic mass is 9.99. The van der Waals surface area contributed by atoms with Gasteiger partial charge in [0.25, 0.3) is 0 Å². The largest absolute Gasteiger partial charge is 0.494 e. The third-order valence-corrected chi connectivity index (χ3v) is 6.88. The third kappa shape index (κ3) is 5.04. The van der Waals surface area contributed by atoms with E-state index < -0.39 is 0 Å². The average molecular weight is 441 g/mol. The van der Waals surface area contributed by atoms with Gasteiger partial charge in [-0.15, -0.1) is 0 Å². The zero-order chi connectivity index (χ0) is 22.7. The number of pyridine rings is 1. The number of hydrogen-bond acceptors (Lipinski definition) is 5. The lowest BCUT2D eigenvalue weighted by molar-refractivity contribution is -0.129. The van der Waals surface area contributed by atoms with Gasteiger partial charge in [-0.3, -0.25) is 4.79 Å². The monoisotopic (exact) mass is 440 g/mol. The number of ether oxygens (including phenoxy) is 1. The van der Waals surface area contributed by atoms with Crippen LogP contribution < -0.4 is 15.0 Å². The Kier molecular flexibility index (Phi) is 6.94. The third-order valence-electron chi connectivity index (χ3n) is 6.88. The summed E-state index contributed by atoms with van der Waals surface area (Å²) in [5, 5.41) is 3.70. The smallest absolute Gasteiger partial charge is 0.219 e. The minimum atomic E-state index is -0.332. The van der Waals surface area contributed by atoms with Crippen molar-refractivity contribution >= 4 is 11.7 Å². The minimum absolute atomic E-state index is 0.127. The van der Waals surface area contributed by atoms with Crippen LogP contribution in [0.3, 0.4) is 0 Å². The van der Waals surface area contributed by atoms with Crippen LogP contribution in [-0.2, 0) is 4.79 Å². The first-order valence-electron chi connectivity index (χ1n) is 11.5. The Hall–Kier alpha value is -2.67. The molecule has 1 saturated carbocycles. The van der Waals surface area contributed by atoms with Gasteiger partial charge in [0.05, 0.1) is 7.11 Å². The Morgan fingerprint density at radius 2 is 1.97 bits per heavy atom. The van der Waals surface area contributed by atoms with Crippen LogP contribution in [-0.4, -0.2) is 55.1 Å². The summed E-state index contributed by atoms with van der Waals surface area (Å²) >= 11 is 0. The summed E-state index contributed by atoms with van der Waals surface area (Å²) in [5.41, 5.74) is 2.32. The molecule has 1 N–H and O–H groups in total. The van der Waals surface area contributed by atoms with Gasteiger partial charge in [0.2, 0.25) is 5.91 Å². The summed E-state index contributed by atoms with van der Waals surface area (Å²) in [4.78, 5) is 20.4. The second kappa shape index (κ2) is 9.86. The molecular formula is C25H33FN4O2. The Morgan fingerprint density at radius 3 is 2.62 bits per heavy atom. The molecule has 1 aliphatic heterocycles. The number of amides is 1. The van der Waals surface area contributed by atoms with E-state index in [1.165, 1.54) is 18.7 Å². The van der Waals surface area contributed by atoms with Crippen molar-refractivity contribution in [1.29, 1.82) is 0 Å². The van der Waals surface area contributed by atoms with Crippen molar-refractivity contribution in [3.63, 3.8) is 0 Å². The number of methoxy groups -OCH3 is 1. The number of carbonyl (C=O) groups excluding carboxylic acids is 1. The number of carbonyl (C=O) groups is 1. The summed E-state index contributed by atoms with van der Waals surface area (Å²) in [6.45, 7) is 6.91. The van der Waals surface area contributed by atoms with E-state index in [9.17, 15) is 9.18 Å². The molecule has 1 amide bonds. The summed E-state index contributed by atoms with van der Waals surface area (Å²) in [6, 6.07) is 9.94. The molecule has 6 nitrogen and oxygen atoms in total. The average Bonchev–Trinajstić information content (AvgIpc) is 3.28. The van der Waals surface area contributed by atoms with Crippen molar-refractivity contribution in [2.24, 2.45) is 0 Å². The van der Waals surface area contributed by atoms with E-state index in [4.69, 9.17) is 9.72 Å². The number of piperazine rings is 1. The van der Waals surface area contributed by atoms with Crippen LogP contribution in [0.15, 0.2) is 36.5 Å². The fourth-order valence-corrected chi connectivity index (χ4v) is 4.91. The molecule has 2 aliphatic rings. The molecule has 1 aliphatic carbocycles. The normalized spacial score (nSPS) is 22.1. The SMILES string of the molecule is COc1cc([C@@H](C)N[C@H]2CC[C@@H](c3ccc(N4CCN(C(C)=O)CC4)nc3)C2)ccc1F. The molecular weight excluding hydrogens is 407 g/mol. The maximum absolute atomic E-state index is 13.7. The number of nitrogens with zero attached hydrogens (tertiary/aromatic N) is 3. The van der Waals surface area contributed by atoms with Gasteiger partial charge >= 0.3 is 0 Å². The van der Waals surface area contributed by atoms with Crippen LogP contribution in [0.25, 0.3) is 0 Å². The molecule has 3 atom stereocenters. The molecule has 1 saturated heterocycles. The van der Waals surface area contributed by atoms with E-state index in [-0.39, 0.29) is 23.5 Å². The number of nitrogens with one attached hydrogen (secondary N) is 1. The van der Waals surface area contributed by atoms with Gasteiger partial charge in [0.15, 0.2) is 11.6 Å². The molecule has 2 aromatic rings. The van der Waals surface area contributed by atoms with Crippen LogP contribution in [0.5, 0.6) is 5.75 Å². The molecule has 0 spiro atoms. The van der Waals surface area contributed by atoms with Crippen molar-refractivity contribution in [2.75, 3.05) is 38.2 Å². The first-order valence-corrected chi connectivity index (χ1v) is 11.5. The highest BCUT2D eigenvalue weighted by Crippen LogP contribution is 2.36. The Labute approximate surface area is 189 Å². The molecule has 7 heteroatoms. The summed E-state index contributed by atoms with van der Waals surface area (Å²) in [6.07, 6.45) is 5.34.